The first kappa shape index (κ1) is 17.4. The monoisotopic (exact) mass is 336 g/mol. The third kappa shape index (κ3) is 4.28. The fraction of sp³-hybridized carbons (Fsp3) is 0.400. The van der Waals surface area contributed by atoms with Gasteiger partial charge in [-0.1, -0.05) is 0 Å². The van der Waals surface area contributed by atoms with Crippen LogP contribution in [0.3, 0.4) is 0 Å². The minimum absolute atomic E-state index is 0.0928. The summed E-state index contributed by atoms with van der Waals surface area (Å²) in [6.07, 6.45) is -0.356. The Morgan fingerprint density at radius 1 is 1.25 bits per heavy atom. The summed E-state index contributed by atoms with van der Waals surface area (Å²) in [5.41, 5.74) is 11.2. The Morgan fingerprint density at radius 3 is 2.46 bits per heavy atom. The van der Waals surface area contributed by atoms with E-state index in [2.05, 4.69) is 10.9 Å². The summed E-state index contributed by atoms with van der Waals surface area (Å²) in [6, 6.07) is 5.36. The highest BCUT2D eigenvalue weighted by Gasteiger charge is 2.40. The molecule has 2 rings (SSSR count). The number of nitrogens with zero attached hydrogens (tertiary/aromatic N) is 1. The van der Waals surface area contributed by atoms with Gasteiger partial charge in [0.05, 0.1) is 19.3 Å². The van der Waals surface area contributed by atoms with Crippen molar-refractivity contribution in [2.24, 2.45) is 5.73 Å². The van der Waals surface area contributed by atoms with Crippen LogP contribution in [0.15, 0.2) is 24.3 Å². The predicted molar refractivity (Wildman–Crippen MR) is 85.0 cm³/mol. The number of carbonyl (C=O) groups is 3. The Kier molecular flexibility index (Phi) is 5.46. The number of benzene rings is 1. The molecule has 1 aromatic rings. The van der Waals surface area contributed by atoms with Crippen LogP contribution in [0, 0.1) is 0 Å². The van der Waals surface area contributed by atoms with E-state index in [1.165, 1.54) is 11.8 Å². The number of methoxy groups -OCH3 is 1. The minimum atomic E-state index is -0.808. The van der Waals surface area contributed by atoms with Crippen LogP contribution in [-0.4, -0.2) is 48.6 Å². The van der Waals surface area contributed by atoms with Gasteiger partial charge in [0.1, 0.15) is 17.9 Å². The van der Waals surface area contributed by atoms with Crippen LogP contribution in [0.4, 0.5) is 10.5 Å². The van der Waals surface area contributed by atoms with Crippen molar-refractivity contribution >= 4 is 23.6 Å². The molecule has 4 N–H and O–H groups in total. The molecule has 1 fully saturated rings. The second kappa shape index (κ2) is 7.53. The van der Waals surface area contributed by atoms with Crippen molar-refractivity contribution in [1.29, 1.82) is 0 Å². The van der Waals surface area contributed by atoms with Crippen LogP contribution in [0.1, 0.15) is 13.3 Å². The molecule has 24 heavy (non-hydrogen) atoms. The smallest absolute Gasteiger partial charge is 0.315 e. The lowest BCUT2D eigenvalue weighted by atomic mass is 10.2. The lowest BCUT2D eigenvalue weighted by Crippen LogP contribution is -2.49. The van der Waals surface area contributed by atoms with Gasteiger partial charge in [-0.3, -0.25) is 20.4 Å². The van der Waals surface area contributed by atoms with Gasteiger partial charge in [0.15, 0.2) is 0 Å². The van der Waals surface area contributed by atoms with E-state index in [0.717, 1.165) is 0 Å². The number of nitrogens with two attached hydrogens (primary N) is 1. The summed E-state index contributed by atoms with van der Waals surface area (Å²) in [5, 5.41) is 0. The molecule has 1 aromatic carbocycles. The van der Waals surface area contributed by atoms with Crippen molar-refractivity contribution in [2.75, 3.05) is 19.1 Å². The fourth-order valence-corrected chi connectivity index (χ4v) is 2.50. The highest BCUT2D eigenvalue weighted by atomic mass is 16.5. The third-order valence-corrected chi connectivity index (χ3v) is 3.60. The molecule has 9 heteroatoms. The maximum atomic E-state index is 12.3. The maximum Gasteiger partial charge on any atom is 0.315 e. The summed E-state index contributed by atoms with van der Waals surface area (Å²) < 4.78 is 10.1. The van der Waals surface area contributed by atoms with E-state index in [0.29, 0.717) is 11.4 Å². The molecule has 1 aliphatic rings. The number of hydrogen-bond acceptors (Lipinski definition) is 6. The van der Waals surface area contributed by atoms with Crippen molar-refractivity contribution in [1.82, 2.24) is 10.3 Å². The van der Waals surface area contributed by atoms with Crippen molar-refractivity contribution in [3.05, 3.63) is 24.3 Å². The van der Waals surface area contributed by atoms with Gasteiger partial charge in [0.2, 0.25) is 0 Å². The quantitative estimate of drug-likeness (QED) is 0.522. The van der Waals surface area contributed by atoms with E-state index in [1.807, 2.05) is 0 Å². The Labute approximate surface area is 139 Å². The number of likely N-dealkylation sites (tertiary alicyclic amines) is 1. The van der Waals surface area contributed by atoms with E-state index in [4.69, 9.17) is 15.2 Å². The van der Waals surface area contributed by atoms with Gasteiger partial charge >= 0.3 is 12.0 Å². The van der Waals surface area contributed by atoms with Gasteiger partial charge in [-0.05, 0) is 24.3 Å². The van der Waals surface area contributed by atoms with E-state index in [9.17, 15) is 14.4 Å². The van der Waals surface area contributed by atoms with Gasteiger partial charge in [0, 0.05) is 13.3 Å². The second-order valence-electron chi connectivity index (χ2n) is 5.32. The summed E-state index contributed by atoms with van der Waals surface area (Å²) in [7, 11) is 1.56. The van der Waals surface area contributed by atoms with Crippen LogP contribution in [0.5, 0.6) is 5.75 Å². The average Bonchev–Trinajstić information content (AvgIpc) is 2.96. The van der Waals surface area contributed by atoms with Gasteiger partial charge in [-0.25, -0.2) is 4.79 Å². The maximum absolute atomic E-state index is 12.3. The third-order valence-electron chi connectivity index (χ3n) is 3.60. The number of hydrogen-bond donors (Lipinski definition) is 3. The van der Waals surface area contributed by atoms with E-state index < -0.39 is 30.1 Å². The summed E-state index contributed by atoms with van der Waals surface area (Å²) in [5.74, 6) is -0.229. The van der Waals surface area contributed by atoms with Crippen molar-refractivity contribution in [3.63, 3.8) is 0 Å². The number of ether oxygens (including phenoxy) is 2. The fourth-order valence-electron chi connectivity index (χ4n) is 2.50. The standard InChI is InChI=1S/C15H20N4O5/c1-9(20)24-12-7-13(19(8-12)15(16)22)14(21)18-17-10-3-5-11(23-2)6-4-10/h3-6,12-13,17H,7-8H2,1-2H3,(H2,16,22)(H,18,21). The molecule has 0 saturated carbocycles. The zero-order chi connectivity index (χ0) is 17.7. The van der Waals surface area contributed by atoms with Gasteiger partial charge in [-0.15, -0.1) is 0 Å². The molecule has 0 bridgehead atoms. The molecule has 3 amide bonds. The lowest BCUT2D eigenvalue weighted by molar-refractivity contribution is -0.145. The first-order valence-corrected chi connectivity index (χ1v) is 7.34. The van der Waals surface area contributed by atoms with E-state index in [1.54, 1.807) is 31.4 Å². The lowest BCUT2D eigenvalue weighted by Gasteiger charge is -2.21. The SMILES string of the molecule is COc1ccc(NNC(=O)C2CC(OC(C)=O)CN2C(N)=O)cc1. The number of anilines is 1. The van der Waals surface area contributed by atoms with Crippen LogP contribution >= 0.6 is 0 Å². The highest BCUT2D eigenvalue weighted by Crippen LogP contribution is 2.21. The van der Waals surface area contributed by atoms with Crippen LogP contribution in [0.2, 0.25) is 0 Å². The number of esters is 1. The molecule has 0 radical (unpaired) electrons. The molecule has 0 spiro atoms. The number of rotatable bonds is 5. The van der Waals surface area contributed by atoms with Gasteiger partial charge in [-0.2, -0.15) is 0 Å². The number of carbonyl (C=O) groups excluding carboxylic acids is 3. The van der Waals surface area contributed by atoms with Crippen LogP contribution in [0.25, 0.3) is 0 Å². The Morgan fingerprint density at radius 2 is 1.92 bits per heavy atom. The summed E-state index contributed by atoms with van der Waals surface area (Å²) >= 11 is 0. The van der Waals surface area contributed by atoms with E-state index in [-0.39, 0.29) is 13.0 Å². The number of hydrazine groups is 1. The van der Waals surface area contributed by atoms with Crippen molar-refractivity contribution in [2.45, 2.75) is 25.5 Å². The van der Waals surface area contributed by atoms with Gasteiger partial charge < -0.3 is 20.1 Å². The highest BCUT2D eigenvalue weighted by molar-refractivity contribution is 5.88. The molecule has 2 unspecified atom stereocenters. The second-order valence-corrected chi connectivity index (χ2v) is 5.32. The summed E-state index contributed by atoms with van der Waals surface area (Å²) in [6.45, 7) is 1.36. The molecular formula is C15H20N4O5. The van der Waals surface area contributed by atoms with Gasteiger partial charge in [0.25, 0.3) is 5.91 Å². The largest absolute Gasteiger partial charge is 0.497 e. The first-order chi connectivity index (χ1) is 11.4. The van der Waals surface area contributed by atoms with Crippen LogP contribution < -0.4 is 21.3 Å². The Balaban J connectivity index is 1.95. The topological polar surface area (TPSA) is 123 Å². The molecular weight excluding hydrogens is 316 g/mol. The number of amides is 3. The van der Waals surface area contributed by atoms with Crippen molar-refractivity contribution in [3.8, 4) is 5.75 Å². The first-order valence-electron chi connectivity index (χ1n) is 7.34. The van der Waals surface area contributed by atoms with Crippen molar-refractivity contribution < 1.29 is 23.9 Å². The minimum Gasteiger partial charge on any atom is -0.497 e. The number of primary amides is 1. The molecule has 1 saturated heterocycles. The number of urea groups is 1. The molecule has 1 heterocycles. The predicted octanol–water partition coefficient (Wildman–Crippen LogP) is 0.223. The molecule has 9 nitrogen and oxygen atoms in total. The zero-order valence-corrected chi connectivity index (χ0v) is 13.4. The Bertz CT molecular complexity index is 619. The Hall–Kier alpha value is -2.97. The molecule has 0 aliphatic carbocycles. The zero-order valence-electron chi connectivity index (χ0n) is 13.4. The molecule has 0 aromatic heterocycles. The molecule has 130 valence electrons. The van der Waals surface area contributed by atoms with Crippen LogP contribution in [-0.2, 0) is 14.3 Å². The van der Waals surface area contributed by atoms with E-state index >= 15 is 0 Å². The number of nitrogens with one attached hydrogen (secondary N) is 2. The average molecular weight is 336 g/mol. The molecule has 2 atom stereocenters. The summed E-state index contributed by atoms with van der Waals surface area (Å²) in [4.78, 5) is 36.0. The molecule has 1 aliphatic heterocycles. The normalized spacial score (nSPS) is 19.5.